The number of hydrogen-bond donors (Lipinski definition) is 0. The Bertz CT molecular complexity index is 2640. The molecule has 1 aliphatic heterocycles. The summed E-state index contributed by atoms with van der Waals surface area (Å²) in [4.78, 5) is 10.0. The minimum atomic E-state index is 0.0625. The van der Waals surface area contributed by atoms with E-state index in [2.05, 4.69) is 133 Å². The summed E-state index contributed by atoms with van der Waals surface area (Å²) in [5, 5.41) is 4.85. The van der Waals surface area contributed by atoms with Crippen LogP contribution in [0.3, 0.4) is 0 Å². The van der Waals surface area contributed by atoms with Crippen molar-refractivity contribution in [3.8, 4) is 11.4 Å². The molecule has 2 aliphatic rings. The second kappa shape index (κ2) is 9.66. The molecule has 0 bridgehead atoms. The summed E-state index contributed by atoms with van der Waals surface area (Å²) in [6, 6.07) is 39.9. The minimum Gasteiger partial charge on any atom is -0.471 e. The smallest absolute Gasteiger partial charge is 0.217 e. The number of aromatic nitrogens is 3. The molecule has 10 rings (SSSR count). The first-order valence-corrected chi connectivity index (χ1v) is 16.4. The maximum Gasteiger partial charge on any atom is 0.217 e. The van der Waals surface area contributed by atoms with Gasteiger partial charge in [0, 0.05) is 51.1 Å². The second-order valence-corrected chi connectivity index (χ2v) is 13.3. The SMILES string of the molecule is Cc1cc(C2=N[C@@H]3c4ccccc4C[C@@H]3O2)cc(-n2c3ccc(C)cc3c3ccc(-n4c5ccc(C)cc5c5cccnc54)cc32)c1. The molecule has 5 nitrogen and oxygen atoms in total. The van der Waals surface area contributed by atoms with E-state index in [0.717, 1.165) is 51.3 Å². The highest BCUT2D eigenvalue weighted by atomic mass is 16.5. The topological polar surface area (TPSA) is 44.3 Å². The van der Waals surface area contributed by atoms with Gasteiger partial charge < -0.3 is 9.30 Å². The highest BCUT2D eigenvalue weighted by Gasteiger charge is 2.39. The summed E-state index contributed by atoms with van der Waals surface area (Å²) in [5.74, 6) is 0.739. The molecule has 1 aliphatic carbocycles. The van der Waals surface area contributed by atoms with Gasteiger partial charge in [0.2, 0.25) is 5.90 Å². The monoisotopic (exact) mass is 608 g/mol. The van der Waals surface area contributed by atoms with Gasteiger partial charge in [-0.3, -0.25) is 4.57 Å². The van der Waals surface area contributed by atoms with Crippen molar-refractivity contribution in [1.29, 1.82) is 0 Å². The highest BCUT2D eigenvalue weighted by molar-refractivity contribution is 6.12. The summed E-state index contributed by atoms with van der Waals surface area (Å²) < 4.78 is 11.3. The van der Waals surface area contributed by atoms with Crippen LogP contribution in [0.5, 0.6) is 0 Å². The summed E-state index contributed by atoms with van der Waals surface area (Å²) in [7, 11) is 0. The molecule has 0 fully saturated rings. The van der Waals surface area contributed by atoms with Crippen LogP contribution in [0.1, 0.15) is 39.4 Å². The van der Waals surface area contributed by atoms with E-state index in [0.29, 0.717) is 0 Å². The highest BCUT2D eigenvalue weighted by Crippen LogP contribution is 2.42. The van der Waals surface area contributed by atoms with E-state index in [4.69, 9.17) is 14.7 Å². The number of aliphatic imine (C=N–C) groups is 1. The van der Waals surface area contributed by atoms with Gasteiger partial charge in [0.1, 0.15) is 17.8 Å². The van der Waals surface area contributed by atoms with Gasteiger partial charge in [-0.05, 0) is 104 Å². The fourth-order valence-corrected chi connectivity index (χ4v) is 8.02. The predicted molar refractivity (Wildman–Crippen MR) is 191 cm³/mol. The first-order valence-electron chi connectivity index (χ1n) is 16.4. The molecule has 0 spiro atoms. The average Bonchev–Trinajstić information content (AvgIpc) is 3.81. The van der Waals surface area contributed by atoms with Crippen LogP contribution in [0.25, 0.3) is 55.1 Å². The zero-order chi connectivity index (χ0) is 31.4. The first kappa shape index (κ1) is 26.5. The van der Waals surface area contributed by atoms with Gasteiger partial charge in [0.25, 0.3) is 0 Å². The largest absolute Gasteiger partial charge is 0.471 e. The Morgan fingerprint density at radius 2 is 1.40 bits per heavy atom. The zero-order valence-electron chi connectivity index (χ0n) is 26.5. The van der Waals surface area contributed by atoms with Crippen LogP contribution in [-0.4, -0.2) is 26.1 Å². The van der Waals surface area contributed by atoms with E-state index in [9.17, 15) is 0 Å². The van der Waals surface area contributed by atoms with E-state index in [1.165, 1.54) is 49.5 Å². The molecule has 8 aromatic rings. The molecule has 2 atom stereocenters. The Labute approximate surface area is 272 Å². The number of hydrogen-bond acceptors (Lipinski definition) is 3. The van der Waals surface area contributed by atoms with E-state index in [1.54, 1.807) is 0 Å². The van der Waals surface area contributed by atoms with Crippen LogP contribution < -0.4 is 0 Å². The molecule has 0 radical (unpaired) electrons. The minimum absolute atomic E-state index is 0.0625. The van der Waals surface area contributed by atoms with E-state index in [1.807, 2.05) is 12.3 Å². The van der Waals surface area contributed by atoms with Crippen molar-refractivity contribution in [2.75, 3.05) is 0 Å². The van der Waals surface area contributed by atoms with Crippen LogP contribution in [0.15, 0.2) is 120 Å². The number of pyridine rings is 1. The molecular weight excluding hydrogens is 576 g/mol. The lowest BCUT2D eigenvalue weighted by molar-refractivity contribution is 0.206. The third-order valence-corrected chi connectivity index (χ3v) is 10.1. The Balaban J connectivity index is 1.19. The van der Waals surface area contributed by atoms with Crippen LogP contribution in [0.4, 0.5) is 0 Å². The first-order chi connectivity index (χ1) is 23.0. The molecule has 0 N–H and O–H groups in total. The molecule has 5 aromatic carbocycles. The van der Waals surface area contributed by atoms with Crippen LogP contribution in [0, 0.1) is 20.8 Å². The maximum atomic E-state index is 6.56. The van der Waals surface area contributed by atoms with Crippen molar-refractivity contribution in [3.63, 3.8) is 0 Å². The Morgan fingerprint density at radius 3 is 2.26 bits per heavy atom. The molecule has 0 unspecified atom stereocenters. The Morgan fingerprint density at radius 1 is 0.617 bits per heavy atom. The number of nitrogens with zero attached hydrogens (tertiary/aromatic N) is 4. The van der Waals surface area contributed by atoms with Gasteiger partial charge in [-0.2, -0.15) is 0 Å². The standard InChI is InChI=1S/C42H32N4O/c1-24-10-14-36-34(19-24)32-13-12-29(46-37-15-11-25(2)20-35(37)33-9-6-16-43-41(33)46)23-38(32)45(36)30-18-26(3)17-28(21-30)42-44-40-31-8-5-4-7-27(31)22-39(40)47-42/h4-21,23,39-40H,22H2,1-3H3/t39-,40+/m0/s1. The van der Waals surface area contributed by atoms with Gasteiger partial charge in [-0.1, -0.05) is 53.6 Å². The summed E-state index contributed by atoms with van der Waals surface area (Å²) in [6.07, 6.45) is 2.85. The van der Waals surface area contributed by atoms with Crippen molar-refractivity contribution >= 4 is 49.6 Å². The van der Waals surface area contributed by atoms with E-state index >= 15 is 0 Å². The fourth-order valence-electron chi connectivity index (χ4n) is 8.02. The fraction of sp³-hybridized carbons (Fsp3) is 0.143. The number of aryl methyl sites for hydroxylation is 3. The predicted octanol–water partition coefficient (Wildman–Crippen LogP) is 9.64. The third kappa shape index (κ3) is 3.89. The van der Waals surface area contributed by atoms with Crippen molar-refractivity contribution < 1.29 is 4.74 Å². The van der Waals surface area contributed by atoms with Crippen molar-refractivity contribution in [2.45, 2.75) is 39.3 Å². The molecule has 5 heteroatoms. The summed E-state index contributed by atoms with van der Waals surface area (Å²) in [5.41, 5.74) is 13.9. The maximum absolute atomic E-state index is 6.56. The number of benzene rings is 5. The quantitative estimate of drug-likeness (QED) is 0.200. The number of ether oxygens (including phenoxy) is 1. The lowest BCUT2D eigenvalue weighted by atomic mass is 10.1. The zero-order valence-corrected chi connectivity index (χ0v) is 26.5. The third-order valence-electron chi connectivity index (χ3n) is 10.1. The van der Waals surface area contributed by atoms with E-state index < -0.39 is 0 Å². The molecular formula is C42H32N4O. The molecule has 0 saturated carbocycles. The summed E-state index contributed by atoms with van der Waals surface area (Å²) >= 11 is 0. The Hall–Kier alpha value is -5.68. The van der Waals surface area contributed by atoms with E-state index in [-0.39, 0.29) is 12.1 Å². The average molecular weight is 609 g/mol. The van der Waals surface area contributed by atoms with Gasteiger partial charge in [0.05, 0.1) is 16.6 Å². The number of rotatable bonds is 3. The molecule has 4 heterocycles. The molecule has 226 valence electrons. The molecule has 0 saturated heterocycles. The van der Waals surface area contributed by atoms with Crippen molar-refractivity contribution in [1.82, 2.24) is 14.1 Å². The van der Waals surface area contributed by atoms with Crippen molar-refractivity contribution in [3.05, 3.63) is 149 Å². The van der Waals surface area contributed by atoms with Gasteiger partial charge >= 0.3 is 0 Å². The molecule has 47 heavy (non-hydrogen) atoms. The van der Waals surface area contributed by atoms with Crippen LogP contribution in [0.2, 0.25) is 0 Å². The number of fused-ring (bicyclic) bond motifs is 9. The van der Waals surface area contributed by atoms with Crippen LogP contribution in [-0.2, 0) is 11.2 Å². The normalized spacial score (nSPS) is 17.0. The van der Waals surface area contributed by atoms with Crippen LogP contribution >= 0.6 is 0 Å². The molecule has 3 aromatic heterocycles. The summed E-state index contributed by atoms with van der Waals surface area (Å²) in [6.45, 7) is 6.47. The lowest BCUT2D eigenvalue weighted by Crippen LogP contribution is -2.14. The van der Waals surface area contributed by atoms with Crippen molar-refractivity contribution in [2.24, 2.45) is 4.99 Å². The second-order valence-electron chi connectivity index (χ2n) is 13.3. The van der Waals surface area contributed by atoms with Gasteiger partial charge in [-0.15, -0.1) is 0 Å². The molecule has 0 amide bonds. The van der Waals surface area contributed by atoms with Gasteiger partial charge in [0.15, 0.2) is 0 Å². The Kier molecular flexibility index (Phi) is 5.45. The lowest BCUT2D eigenvalue weighted by Gasteiger charge is -2.14. The van der Waals surface area contributed by atoms with Gasteiger partial charge in [-0.25, -0.2) is 9.98 Å².